The second-order valence-electron chi connectivity index (χ2n) is 10.5. The topological polar surface area (TPSA) is 74.0 Å². The van der Waals surface area contributed by atoms with Gasteiger partial charge in [0, 0.05) is 29.2 Å². The predicted octanol–water partition coefficient (Wildman–Crippen LogP) is 6.34. The van der Waals surface area contributed by atoms with Crippen LogP contribution >= 0.6 is 0 Å². The van der Waals surface area contributed by atoms with Crippen LogP contribution in [0.2, 0.25) is 0 Å². The summed E-state index contributed by atoms with van der Waals surface area (Å²) in [7, 11) is 1.90. The van der Waals surface area contributed by atoms with E-state index < -0.39 is 5.41 Å². The summed E-state index contributed by atoms with van der Waals surface area (Å²) in [6.45, 7) is 5.52. The van der Waals surface area contributed by atoms with Gasteiger partial charge in [-0.25, -0.2) is 4.98 Å². The summed E-state index contributed by atoms with van der Waals surface area (Å²) in [5.41, 5.74) is 2.75. The molecule has 0 fully saturated rings. The summed E-state index contributed by atoms with van der Waals surface area (Å²) in [6, 6.07) is 22.8. The van der Waals surface area contributed by atoms with Gasteiger partial charge in [-0.1, -0.05) is 75.4 Å². The Morgan fingerprint density at radius 3 is 1.97 bits per heavy atom. The molecule has 0 aliphatic heterocycles. The van der Waals surface area contributed by atoms with Crippen molar-refractivity contribution in [3.63, 3.8) is 0 Å². The van der Waals surface area contributed by atoms with E-state index >= 15 is 0 Å². The molecule has 0 amide bonds. The first-order chi connectivity index (χ1) is 17.6. The summed E-state index contributed by atoms with van der Waals surface area (Å²) < 4.78 is 3.47. The van der Waals surface area contributed by atoms with E-state index in [1.54, 1.807) is 18.2 Å². The third-order valence-corrected chi connectivity index (χ3v) is 6.91. The van der Waals surface area contributed by atoms with E-state index in [0.717, 1.165) is 27.7 Å². The number of ketones is 2. The number of aryl methyl sites for hydroxylation is 1. The highest BCUT2D eigenvalue weighted by atomic mass is 16.2. The smallest absolute Gasteiger partial charge is 0.238 e. The van der Waals surface area contributed by atoms with Gasteiger partial charge in [-0.15, -0.1) is 0 Å². The Morgan fingerprint density at radius 2 is 1.41 bits per heavy atom. The maximum atomic E-state index is 13.6. The quantitative estimate of drug-likeness (QED) is 0.215. The van der Waals surface area contributed by atoms with Gasteiger partial charge in [0.25, 0.3) is 0 Å². The molecule has 182 valence electrons. The van der Waals surface area contributed by atoms with E-state index in [9.17, 15) is 14.4 Å². The molecule has 0 saturated heterocycles. The molecule has 0 saturated carbocycles. The number of carbonyl (C=O) groups excluding carboxylic acids is 3. The molecule has 6 heteroatoms. The van der Waals surface area contributed by atoms with Crippen LogP contribution in [-0.2, 0) is 7.05 Å². The second kappa shape index (κ2) is 7.96. The fraction of sp³-hybridized carbons (Fsp3) is 0.161. The molecule has 0 N–H and O–H groups in total. The van der Waals surface area contributed by atoms with Crippen molar-refractivity contribution in [3.05, 3.63) is 95.2 Å². The van der Waals surface area contributed by atoms with Gasteiger partial charge in [-0.2, -0.15) is 0 Å². The van der Waals surface area contributed by atoms with Gasteiger partial charge in [0.05, 0.1) is 16.8 Å². The van der Waals surface area contributed by atoms with Gasteiger partial charge in [0.15, 0.2) is 17.2 Å². The maximum absolute atomic E-state index is 13.6. The van der Waals surface area contributed by atoms with E-state index in [2.05, 4.69) is 0 Å². The van der Waals surface area contributed by atoms with Crippen molar-refractivity contribution < 1.29 is 14.4 Å². The van der Waals surface area contributed by atoms with Gasteiger partial charge in [0.1, 0.15) is 5.82 Å². The first-order valence-corrected chi connectivity index (χ1v) is 12.2. The zero-order valence-electron chi connectivity index (χ0n) is 21.1. The molecule has 0 bridgehead atoms. The van der Waals surface area contributed by atoms with Crippen LogP contribution in [0.3, 0.4) is 0 Å². The van der Waals surface area contributed by atoms with E-state index in [0.29, 0.717) is 22.5 Å². The highest BCUT2D eigenvalue weighted by molar-refractivity contribution is 6.42. The van der Waals surface area contributed by atoms with Crippen molar-refractivity contribution in [1.82, 2.24) is 14.1 Å². The SMILES string of the molecule is Cn1c(-c2ccccc2)nc2c1cc(C=C1C(=O)c3cc4ccccc4cc3C1=O)n2C(=O)C(C)(C)C. The minimum absolute atomic E-state index is 0.0550. The van der Waals surface area contributed by atoms with E-state index in [-0.39, 0.29) is 23.0 Å². The number of rotatable bonds is 2. The fourth-order valence-electron chi connectivity index (χ4n) is 4.94. The summed E-state index contributed by atoms with van der Waals surface area (Å²) in [4.78, 5) is 45.3. The van der Waals surface area contributed by atoms with Crippen molar-refractivity contribution in [1.29, 1.82) is 0 Å². The molecule has 2 heterocycles. The Kier molecular flexibility index (Phi) is 4.92. The largest absolute Gasteiger partial charge is 0.326 e. The van der Waals surface area contributed by atoms with Gasteiger partial charge >= 0.3 is 0 Å². The highest BCUT2D eigenvalue weighted by Gasteiger charge is 2.35. The molecule has 0 radical (unpaired) electrons. The molecule has 2 aromatic heterocycles. The Labute approximate surface area is 213 Å². The molecular formula is C31H25N3O3. The maximum Gasteiger partial charge on any atom is 0.238 e. The Balaban J connectivity index is 1.55. The summed E-state index contributed by atoms with van der Waals surface area (Å²) in [6.07, 6.45) is 1.54. The monoisotopic (exact) mass is 487 g/mol. The van der Waals surface area contributed by atoms with E-state index in [4.69, 9.17) is 4.98 Å². The summed E-state index contributed by atoms with van der Waals surface area (Å²) >= 11 is 0. The number of carbonyl (C=O) groups is 3. The molecular weight excluding hydrogens is 462 g/mol. The lowest BCUT2D eigenvalue weighted by Crippen LogP contribution is -2.27. The lowest BCUT2D eigenvalue weighted by atomic mass is 9.95. The molecule has 0 spiro atoms. The van der Waals surface area contributed by atoms with Crippen molar-refractivity contribution in [2.75, 3.05) is 0 Å². The van der Waals surface area contributed by atoms with Crippen LogP contribution in [0.15, 0.2) is 78.4 Å². The number of Topliss-reactive ketones (excluding diaryl/α,β-unsaturated/α-hetero) is 2. The number of nitrogens with zero attached hydrogens (tertiary/aromatic N) is 3. The Morgan fingerprint density at radius 1 is 0.838 bits per heavy atom. The van der Waals surface area contributed by atoms with Crippen LogP contribution in [0, 0.1) is 5.41 Å². The van der Waals surface area contributed by atoms with Crippen LogP contribution in [0.25, 0.3) is 39.4 Å². The van der Waals surface area contributed by atoms with Gasteiger partial charge in [-0.05, 0) is 35.0 Å². The molecule has 5 aromatic rings. The number of hydrogen-bond acceptors (Lipinski definition) is 4. The highest BCUT2D eigenvalue weighted by Crippen LogP contribution is 2.34. The number of benzene rings is 3. The lowest BCUT2D eigenvalue weighted by molar-refractivity contribution is 0.0770. The molecule has 0 unspecified atom stereocenters. The van der Waals surface area contributed by atoms with Crippen molar-refractivity contribution >= 4 is 45.5 Å². The van der Waals surface area contributed by atoms with E-state index in [1.807, 2.05) is 93.0 Å². The summed E-state index contributed by atoms with van der Waals surface area (Å²) in [5, 5.41) is 1.80. The molecule has 1 aliphatic carbocycles. The molecule has 3 aromatic carbocycles. The van der Waals surface area contributed by atoms with Crippen LogP contribution in [0.5, 0.6) is 0 Å². The van der Waals surface area contributed by atoms with Crippen LogP contribution in [-0.4, -0.2) is 31.6 Å². The average molecular weight is 488 g/mol. The van der Waals surface area contributed by atoms with E-state index in [1.165, 1.54) is 4.57 Å². The number of fused-ring (bicyclic) bond motifs is 3. The lowest BCUT2D eigenvalue weighted by Gasteiger charge is -2.18. The number of hydrogen-bond donors (Lipinski definition) is 0. The Hall–Kier alpha value is -4.58. The normalized spacial score (nSPS) is 13.6. The van der Waals surface area contributed by atoms with Gasteiger partial charge in [0.2, 0.25) is 5.91 Å². The molecule has 1 aliphatic rings. The molecule has 37 heavy (non-hydrogen) atoms. The first kappa shape index (κ1) is 22.9. The van der Waals surface area contributed by atoms with Crippen LogP contribution in [0.1, 0.15) is 52.0 Å². The van der Waals surface area contributed by atoms with Crippen molar-refractivity contribution in [2.45, 2.75) is 20.8 Å². The second-order valence-corrected chi connectivity index (χ2v) is 10.5. The molecule has 6 nitrogen and oxygen atoms in total. The minimum atomic E-state index is -0.714. The van der Waals surface area contributed by atoms with Crippen molar-refractivity contribution in [2.24, 2.45) is 12.5 Å². The Bertz CT molecular complexity index is 1760. The van der Waals surface area contributed by atoms with Crippen LogP contribution < -0.4 is 0 Å². The standard InChI is InChI=1S/C31H25N3O3/c1-31(2,3)30(37)34-21(17-25-29(34)32-28(33(25)4)18-10-6-5-7-11-18)16-24-26(35)22-14-19-12-8-9-13-20(19)15-23(22)27(24)36/h5-17H,1-4H3. The zero-order chi connectivity index (χ0) is 26.1. The zero-order valence-corrected chi connectivity index (χ0v) is 21.1. The van der Waals surface area contributed by atoms with Gasteiger partial charge < -0.3 is 4.57 Å². The minimum Gasteiger partial charge on any atom is -0.326 e. The predicted molar refractivity (Wildman–Crippen MR) is 145 cm³/mol. The number of allylic oxidation sites excluding steroid dienone is 1. The van der Waals surface area contributed by atoms with Crippen LogP contribution in [0.4, 0.5) is 0 Å². The first-order valence-electron chi connectivity index (χ1n) is 12.2. The molecule has 6 rings (SSSR count). The third-order valence-electron chi connectivity index (χ3n) is 6.91. The van der Waals surface area contributed by atoms with Crippen molar-refractivity contribution in [3.8, 4) is 11.4 Å². The fourth-order valence-corrected chi connectivity index (χ4v) is 4.94. The molecule has 0 atom stereocenters. The number of aromatic nitrogens is 3. The third kappa shape index (κ3) is 3.48. The summed E-state index contributed by atoms with van der Waals surface area (Å²) in [5.74, 6) is -0.104. The van der Waals surface area contributed by atoms with Gasteiger partial charge in [-0.3, -0.25) is 19.0 Å². The average Bonchev–Trinajstić information content (AvgIpc) is 3.47. The number of imidazole rings is 1.